The second kappa shape index (κ2) is 13.4. The number of halogens is 1. The molecule has 3 heterocycles. The molecule has 1 aromatic heterocycles. The van der Waals surface area contributed by atoms with Gasteiger partial charge in [-0.05, 0) is 64.4 Å². The SMILES string of the molecule is CCNC(=NCCCc1cn[nH]c1C)N1CCC(OCC2CCCCO2)CC1.I. The van der Waals surface area contributed by atoms with Crippen LogP contribution in [0.25, 0.3) is 0 Å². The van der Waals surface area contributed by atoms with Crippen molar-refractivity contribution in [1.29, 1.82) is 0 Å². The molecule has 3 rings (SSSR count). The average Bonchev–Trinajstić information content (AvgIpc) is 3.15. The molecule has 1 unspecified atom stereocenters. The van der Waals surface area contributed by atoms with Gasteiger partial charge in [0.2, 0.25) is 0 Å². The molecule has 0 aliphatic carbocycles. The summed E-state index contributed by atoms with van der Waals surface area (Å²) in [6.45, 7) is 9.59. The fraction of sp³-hybridized carbons (Fsp3) is 0.810. The summed E-state index contributed by atoms with van der Waals surface area (Å²) < 4.78 is 11.9. The Morgan fingerprint density at radius 3 is 2.83 bits per heavy atom. The molecule has 0 bridgehead atoms. The predicted molar refractivity (Wildman–Crippen MR) is 127 cm³/mol. The van der Waals surface area contributed by atoms with E-state index in [0.29, 0.717) is 12.2 Å². The number of hydrogen-bond acceptors (Lipinski definition) is 4. The van der Waals surface area contributed by atoms with E-state index in [4.69, 9.17) is 14.5 Å². The van der Waals surface area contributed by atoms with Crippen molar-refractivity contribution in [2.45, 2.75) is 71.0 Å². The van der Waals surface area contributed by atoms with E-state index in [0.717, 1.165) is 83.2 Å². The third-order valence-electron chi connectivity index (χ3n) is 5.67. The van der Waals surface area contributed by atoms with Crippen LogP contribution >= 0.6 is 24.0 Å². The minimum atomic E-state index is 0. The van der Waals surface area contributed by atoms with E-state index in [1.807, 2.05) is 6.20 Å². The Morgan fingerprint density at radius 1 is 1.34 bits per heavy atom. The molecule has 2 fully saturated rings. The van der Waals surface area contributed by atoms with E-state index in [1.165, 1.54) is 18.4 Å². The normalized spacial score (nSPS) is 21.1. The van der Waals surface area contributed by atoms with Gasteiger partial charge in [-0.25, -0.2) is 0 Å². The first kappa shape index (κ1) is 24.4. The van der Waals surface area contributed by atoms with Crippen molar-refractivity contribution in [3.63, 3.8) is 0 Å². The fourth-order valence-corrected chi connectivity index (χ4v) is 3.92. The second-order valence-electron chi connectivity index (χ2n) is 7.87. The van der Waals surface area contributed by atoms with Crippen LogP contribution in [-0.4, -0.2) is 72.7 Å². The first-order chi connectivity index (χ1) is 13.8. The number of H-pyrrole nitrogens is 1. The van der Waals surface area contributed by atoms with Gasteiger partial charge in [0, 0.05) is 38.5 Å². The van der Waals surface area contributed by atoms with Crippen molar-refractivity contribution in [3.05, 3.63) is 17.5 Å². The lowest BCUT2D eigenvalue weighted by Crippen LogP contribution is -2.47. The molecule has 1 aromatic rings. The van der Waals surface area contributed by atoms with Gasteiger partial charge < -0.3 is 19.7 Å². The van der Waals surface area contributed by atoms with Gasteiger partial charge in [-0.2, -0.15) is 5.10 Å². The van der Waals surface area contributed by atoms with Crippen LogP contribution in [0.4, 0.5) is 0 Å². The molecular formula is C21H38IN5O2. The van der Waals surface area contributed by atoms with Gasteiger partial charge >= 0.3 is 0 Å². The summed E-state index contributed by atoms with van der Waals surface area (Å²) in [6.07, 6.45) is 10.4. The maximum absolute atomic E-state index is 6.14. The van der Waals surface area contributed by atoms with Crippen LogP contribution in [0.5, 0.6) is 0 Å². The highest BCUT2D eigenvalue weighted by Crippen LogP contribution is 2.18. The summed E-state index contributed by atoms with van der Waals surface area (Å²) in [4.78, 5) is 7.23. The molecule has 2 N–H and O–H groups in total. The number of rotatable bonds is 8. The molecule has 2 saturated heterocycles. The Balaban J connectivity index is 0.00000300. The van der Waals surface area contributed by atoms with E-state index < -0.39 is 0 Å². The van der Waals surface area contributed by atoms with E-state index in [-0.39, 0.29) is 24.0 Å². The molecule has 0 saturated carbocycles. The molecule has 8 heteroatoms. The highest BCUT2D eigenvalue weighted by molar-refractivity contribution is 14.0. The number of ether oxygens (including phenoxy) is 2. The number of aromatic amines is 1. The predicted octanol–water partition coefficient (Wildman–Crippen LogP) is 3.28. The maximum atomic E-state index is 6.14. The number of aliphatic imine (C=N–C) groups is 1. The van der Waals surface area contributed by atoms with Gasteiger partial charge in [-0.3, -0.25) is 10.1 Å². The zero-order valence-corrected chi connectivity index (χ0v) is 20.3. The molecule has 0 spiro atoms. The molecule has 166 valence electrons. The maximum Gasteiger partial charge on any atom is 0.193 e. The summed E-state index contributed by atoms with van der Waals surface area (Å²) >= 11 is 0. The summed E-state index contributed by atoms with van der Waals surface area (Å²) in [5, 5.41) is 10.5. The molecular weight excluding hydrogens is 481 g/mol. The summed E-state index contributed by atoms with van der Waals surface area (Å²) in [5.41, 5.74) is 2.46. The topological polar surface area (TPSA) is 74.8 Å². The van der Waals surface area contributed by atoms with Gasteiger partial charge in [0.25, 0.3) is 0 Å². The molecule has 0 radical (unpaired) electrons. The van der Waals surface area contributed by atoms with Crippen LogP contribution in [0, 0.1) is 6.92 Å². The number of aromatic nitrogens is 2. The number of hydrogen-bond donors (Lipinski definition) is 2. The molecule has 2 aliphatic rings. The van der Waals surface area contributed by atoms with Crippen molar-refractivity contribution in [2.24, 2.45) is 4.99 Å². The molecule has 1 atom stereocenters. The Labute approximate surface area is 192 Å². The zero-order chi connectivity index (χ0) is 19.6. The lowest BCUT2D eigenvalue weighted by atomic mass is 10.1. The lowest BCUT2D eigenvalue weighted by molar-refractivity contribution is -0.0721. The van der Waals surface area contributed by atoms with Crippen molar-refractivity contribution in [2.75, 3.05) is 39.4 Å². The van der Waals surface area contributed by atoms with Crippen LogP contribution in [0.1, 0.15) is 56.7 Å². The van der Waals surface area contributed by atoms with Gasteiger partial charge in [0.05, 0.1) is 25.0 Å². The minimum absolute atomic E-state index is 0. The van der Waals surface area contributed by atoms with Gasteiger partial charge in [-0.15, -0.1) is 24.0 Å². The highest BCUT2D eigenvalue weighted by atomic mass is 127. The standard InChI is InChI=1S/C21H37N5O2.HI/c1-3-22-21(23-11-6-7-18-15-24-25-17(18)2)26-12-9-19(10-13-26)28-16-20-8-4-5-14-27-20;/h15,19-20H,3-14,16H2,1-2H3,(H,22,23)(H,24,25);1H. The van der Waals surface area contributed by atoms with Crippen LogP contribution in [0.2, 0.25) is 0 Å². The van der Waals surface area contributed by atoms with E-state index in [1.54, 1.807) is 0 Å². The molecule has 2 aliphatic heterocycles. The van der Waals surface area contributed by atoms with Crippen molar-refractivity contribution in [3.8, 4) is 0 Å². The van der Waals surface area contributed by atoms with Gasteiger partial charge in [0.1, 0.15) is 0 Å². The van der Waals surface area contributed by atoms with Crippen LogP contribution in [0.15, 0.2) is 11.2 Å². The smallest absolute Gasteiger partial charge is 0.193 e. The largest absolute Gasteiger partial charge is 0.376 e. The fourth-order valence-electron chi connectivity index (χ4n) is 3.92. The van der Waals surface area contributed by atoms with E-state index in [9.17, 15) is 0 Å². The molecule has 0 amide bonds. The van der Waals surface area contributed by atoms with Crippen molar-refractivity contribution in [1.82, 2.24) is 20.4 Å². The van der Waals surface area contributed by atoms with Crippen LogP contribution < -0.4 is 5.32 Å². The first-order valence-corrected chi connectivity index (χ1v) is 11.0. The molecule has 0 aromatic carbocycles. The quantitative estimate of drug-likeness (QED) is 0.239. The van der Waals surface area contributed by atoms with E-state index in [2.05, 4.69) is 34.3 Å². The van der Waals surface area contributed by atoms with Crippen molar-refractivity contribution >= 4 is 29.9 Å². The summed E-state index contributed by atoms with van der Waals surface area (Å²) in [7, 11) is 0. The third kappa shape index (κ3) is 8.05. The molecule has 7 nitrogen and oxygen atoms in total. The molecule has 29 heavy (non-hydrogen) atoms. The Morgan fingerprint density at radius 2 is 2.17 bits per heavy atom. The second-order valence-corrected chi connectivity index (χ2v) is 7.87. The number of piperidine rings is 1. The van der Waals surface area contributed by atoms with E-state index >= 15 is 0 Å². The number of likely N-dealkylation sites (tertiary alicyclic amines) is 1. The summed E-state index contributed by atoms with van der Waals surface area (Å²) in [5.74, 6) is 1.04. The Kier molecular flexibility index (Phi) is 11.3. The van der Waals surface area contributed by atoms with Gasteiger partial charge in [0.15, 0.2) is 5.96 Å². The van der Waals surface area contributed by atoms with Crippen molar-refractivity contribution < 1.29 is 9.47 Å². The van der Waals surface area contributed by atoms with Crippen LogP contribution in [0.3, 0.4) is 0 Å². The average molecular weight is 519 g/mol. The Hall–Kier alpha value is -0.870. The third-order valence-corrected chi connectivity index (χ3v) is 5.67. The Bertz CT molecular complexity index is 596. The monoisotopic (exact) mass is 519 g/mol. The number of nitrogens with zero attached hydrogens (tertiary/aromatic N) is 3. The first-order valence-electron chi connectivity index (χ1n) is 11.0. The lowest BCUT2D eigenvalue weighted by Gasteiger charge is -2.35. The number of aryl methyl sites for hydroxylation is 2. The highest BCUT2D eigenvalue weighted by Gasteiger charge is 2.23. The summed E-state index contributed by atoms with van der Waals surface area (Å²) in [6, 6.07) is 0. The zero-order valence-electron chi connectivity index (χ0n) is 18.0. The van der Waals surface area contributed by atoms with Crippen LogP contribution in [-0.2, 0) is 15.9 Å². The van der Waals surface area contributed by atoms with Gasteiger partial charge in [-0.1, -0.05) is 0 Å². The minimum Gasteiger partial charge on any atom is -0.376 e. The number of nitrogens with one attached hydrogen (secondary N) is 2. The number of guanidine groups is 1.